The Morgan fingerprint density at radius 1 is 1.00 bits per heavy atom. The molecule has 0 aliphatic carbocycles. The van der Waals surface area contributed by atoms with Gasteiger partial charge >= 0.3 is 11.9 Å². The van der Waals surface area contributed by atoms with Gasteiger partial charge < -0.3 is 10.2 Å². The molecule has 0 heterocycles. The van der Waals surface area contributed by atoms with Crippen LogP contribution in [0.5, 0.6) is 0 Å². The van der Waals surface area contributed by atoms with Gasteiger partial charge in [-0.3, -0.25) is 0 Å². The van der Waals surface area contributed by atoms with E-state index in [4.69, 9.17) is 10.2 Å². The van der Waals surface area contributed by atoms with Gasteiger partial charge in [-0.05, 0) is 18.2 Å². The molecule has 0 unspecified atom stereocenters. The fourth-order valence-corrected chi connectivity index (χ4v) is 0.785. The van der Waals surface area contributed by atoms with Gasteiger partial charge in [-0.15, -0.1) is 0 Å². The second-order valence-electron chi connectivity index (χ2n) is 2.19. The third-order valence-corrected chi connectivity index (χ3v) is 1.36. The average Bonchev–Trinajstić information content (AvgIpc) is 2.04. The summed E-state index contributed by atoms with van der Waals surface area (Å²) in [7, 11) is 0. The Hall–Kier alpha value is -0.736. The monoisotopic (exact) mass is 255 g/mol. The van der Waals surface area contributed by atoms with Crippen LogP contribution in [0, 0.1) is 0 Å². The summed E-state index contributed by atoms with van der Waals surface area (Å²) in [4.78, 5) is 20.8. The molecule has 1 aromatic rings. The standard InChI is InChI=1S/C8H6O4.Y/c9-7(10)5-2-1-3-6(4-5)8(11)12;/h1-4H,(H,9,10)(H,11,12);. The summed E-state index contributed by atoms with van der Waals surface area (Å²) in [5, 5.41) is 17.0. The number of aromatic carboxylic acids is 2. The minimum absolute atomic E-state index is 0. The Morgan fingerprint density at radius 3 is 1.69 bits per heavy atom. The van der Waals surface area contributed by atoms with E-state index in [-0.39, 0.29) is 43.8 Å². The molecule has 0 saturated heterocycles. The SMILES string of the molecule is O=C(O)c1cccc(C(=O)O)c1.[Y]. The molecule has 1 rings (SSSR count). The second kappa shape index (κ2) is 5.09. The minimum Gasteiger partial charge on any atom is -0.478 e. The predicted octanol–water partition coefficient (Wildman–Crippen LogP) is 1.08. The van der Waals surface area contributed by atoms with Crippen LogP contribution in [0.3, 0.4) is 0 Å². The smallest absolute Gasteiger partial charge is 0.335 e. The summed E-state index contributed by atoms with van der Waals surface area (Å²) < 4.78 is 0. The van der Waals surface area contributed by atoms with Gasteiger partial charge in [-0.2, -0.15) is 0 Å². The van der Waals surface area contributed by atoms with Crippen LogP contribution in [0.25, 0.3) is 0 Å². The van der Waals surface area contributed by atoms with Crippen LogP contribution in [-0.4, -0.2) is 22.2 Å². The van der Waals surface area contributed by atoms with Crippen LogP contribution in [-0.2, 0) is 32.7 Å². The minimum atomic E-state index is -1.13. The third kappa shape index (κ3) is 3.24. The summed E-state index contributed by atoms with van der Waals surface area (Å²) in [6, 6.07) is 5.20. The molecule has 13 heavy (non-hydrogen) atoms. The van der Waals surface area contributed by atoms with E-state index in [2.05, 4.69) is 0 Å². The van der Waals surface area contributed by atoms with E-state index in [1.165, 1.54) is 18.2 Å². The fraction of sp³-hybridized carbons (Fsp3) is 0. The van der Waals surface area contributed by atoms with Gasteiger partial charge in [-0.25, -0.2) is 9.59 Å². The van der Waals surface area contributed by atoms with Crippen molar-refractivity contribution in [3.63, 3.8) is 0 Å². The topological polar surface area (TPSA) is 74.6 Å². The van der Waals surface area contributed by atoms with Crippen LogP contribution in [0.2, 0.25) is 0 Å². The first-order valence-corrected chi connectivity index (χ1v) is 3.18. The molecule has 5 heteroatoms. The van der Waals surface area contributed by atoms with E-state index in [1.54, 1.807) is 0 Å². The fourth-order valence-electron chi connectivity index (χ4n) is 0.785. The molecule has 0 bridgehead atoms. The van der Waals surface area contributed by atoms with Gasteiger partial charge in [0.15, 0.2) is 0 Å². The Morgan fingerprint density at radius 2 is 1.38 bits per heavy atom. The molecule has 0 amide bonds. The van der Waals surface area contributed by atoms with Crippen molar-refractivity contribution in [1.29, 1.82) is 0 Å². The average molecular weight is 255 g/mol. The Balaban J connectivity index is 0.00000144. The number of benzene rings is 1. The molecular formula is C8H6O4Y. The van der Waals surface area contributed by atoms with Crippen LogP contribution in [0.4, 0.5) is 0 Å². The maximum Gasteiger partial charge on any atom is 0.335 e. The first kappa shape index (κ1) is 12.3. The molecule has 0 aliphatic rings. The molecule has 1 aromatic carbocycles. The van der Waals surface area contributed by atoms with Gasteiger partial charge in [0.05, 0.1) is 11.1 Å². The van der Waals surface area contributed by atoms with Crippen molar-refractivity contribution in [2.24, 2.45) is 0 Å². The first-order valence-electron chi connectivity index (χ1n) is 3.18. The van der Waals surface area contributed by atoms with E-state index in [9.17, 15) is 9.59 Å². The maximum absolute atomic E-state index is 10.4. The molecule has 0 aliphatic heterocycles. The molecule has 4 nitrogen and oxygen atoms in total. The van der Waals surface area contributed by atoms with Gasteiger partial charge in [0.2, 0.25) is 0 Å². The van der Waals surface area contributed by atoms with Gasteiger partial charge in [0.25, 0.3) is 0 Å². The van der Waals surface area contributed by atoms with Gasteiger partial charge in [-0.1, -0.05) is 6.07 Å². The van der Waals surface area contributed by atoms with Crippen molar-refractivity contribution < 1.29 is 52.5 Å². The van der Waals surface area contributed by atoms with Crippen molar-refractivity contribution in [3.05, 3.63) is 35.4 Å². The number of hydrogen-bond acceptors (Lipinski definition) is 2. The summed E-state index contributed by atoms with van der Waals surface area (Å²) in [5.41, 5.74) is -0.0372. The summed E-state index contributed by atoms with van der Waals surface area (Å²) in [6.07, 6.45) is 0. The van der Waals surface area contributed by atoms with Crippen molar-refractivity contribution >= 4 is 11.9 Å². The van der Waals surface area contributed by atoms with E-state index in [0.717, 1.165) is 6.07 Å². The van der Waals surface area contributed by atoms with E-state index in [0.29, 0.717) is 0 Å². The van der Waals surface area contributed by atoms with E-state index >= 15 is 0 Å². The maximum atomic E-state index is 10.4. The Kier molecular flexibility index (Phi) is 4.80. The largest absolute Gasteiger partial charge is 0.478 e. The van der Waals surface area contributed by atoms with Crippen LogP contribution < -0.4 is 0 Å². The summed E-state index contributed by atoms with van der Waals surface area (Å²) in [6.45, 7) is 0. The molecule has 65 valence electrons. The first-order chi connectivity index (χ1) is 5.61. The van der Waals surface area contributed by atoms with Crippen LogP contribution in [0.15, 0.2) is 24.3 Å². The third-order valence-electron chi connectivity index (χ3n) is 1.36. The zero-order valence-corrected chi connectivity index (χ0v) is 9.44. The van der Waals surface area contributed by atoms with E-state index < -0.39 is 11.9 Å². The number of carbonyl (C=O) groups is 2. The number of hydrogen-bond donors (Lipinski definition) is 2. The predicted molar refractivity (Wildman–Crippen MR) is 40.4 cm³/mol. The summed E-state index contributed by atoms with van der Waals surface area (Å²) >= 11 is 0. The van der Waals surface area contributed by atoms with Crippen molar-refractivity contribution in [2.45, 2.75) is 0 Å². The molecule has 0 aromatic heterocycles. The van der Waals surface area contributed by atoms with E-state index in [1.807, 2.05) is 0 Å². The van der Waals surface area contributed by atoms with Crippen molar-refractivity contribution in [3.8, 4) is 0 Å². The van der Waals surface area contributed by atoms with Gasteiger partial charge in [0, 0.05) is 32.7 Å². The Labute approximate surface area is 99.5 Å². The molecular weight excluding hydrogens is 249 g/mol. The zero-order chi connectivity index (χ0) is 9.14. The van der Waals surface area contributed by atoms with Gasteiger partial charge in [0.1, 0.15) is 0 Å². The van der Waals surface area contributed by atoms with Crippen molar-refractivity contribution in [1.82, 2.24) is 0 Å². The molecule has 0 spiro atoms. The Bertz CT molecular complexity index is 305. The molecule has 0 fully saturated rings. The molecule has 0 saturated carbocycles. The van der Waals surface area contributed by atoms with Crippen LogP contribution in [0.1, 0.15) is 20.7 Å². The van der Waals surface area contributed by atoms with Crippen molar-refractivity contribution in [2.75, 3.05) is 0 Å². The molecule has 1 radical (unpaired) electrons. The number of rotatable bonds is 2. The number of carboxylic acid groups (broad SMARTS) is 2. The molecule has 0 atom stereocenters. The zero-order valence-electron chi connectivity index (χ0n) is 6.60. The second-order valence-corrected chi connectivity index (χ2v) is 2.19. The summed E-state index contributed by atoms with van der Waals surface area (Å²) in [5.74, 6) is -2.25. The normalized spacial score (nSPS) is 8.62. The molecule has 2 N–H and O–H groups in total. The van der Waals surface area contributed by atoms with Crippen LogP contribution >= 0.6 is 0 Å². The quantitative estimate of drug-likeness (QED) is 0.829. The number of carboxylic acids is 2.